The fourth-order valence-corrected chi connectivity index (χ4v) is 4.27. The predicted octanol–water partition coefficient (Wildman–Crippen LogP) is 2.24. The van der Waals surface area contributed by atoms with E-state index in [1.54, 1.807) is 6.20 Å². The first kappa shape index (κ1) is 24.4. The summed E-state index contributed by atoms with van der Waals surface area (Å²) < 4.78 is 0. The molecule has 7 nitrogen and oxygen atoms in total. The molecule has 3 aromatic rings. The van der Waals surface area contributed by atoms with E-state index in [1.165, 1.54) is 5.56 Å². The van der Waals surface area contributed by atoms with E-state index in [-0.39, 0.29) is 12.5 Å². The number of nitrogens with one attached hydrogen (secondary N) is 1. The lowest BCUT2D eigenvalue weighted by atomic mass is 9.76. The van der Waals surface area contributed by atoms with Gasteiger partial charge in [-0.1, -0.05) is 54.6 Å². The number of amides is 1. The number of nitrogens with zero attached hydrogens (tertiary/aromatic N) is 3. The van der Waals surface area contributed by atoms with Crippen LogP contribution in [0.15, 0.2) is 72.9 Å². The quantitative estimate of drug-likeness (QED) is 0.347. The average Bonchev–Trinajstić information content (AvgIpc) is 2.87. The van der Waals surface area contributed by atoms with Gasteiger partial charge in [-0.25, -0.2) is 0 Å². The summed E-state index contributed by atoms with van der Waals surface area (Å²) in [4.78, 5) is 19.0. The SMILES string of the molecule is N#CC(=Cc1ccc2c(c1)CN(CC(=O)NC(Cc1ccccc1)B(O)O)CC2)c1ccccn1. The standard InChI is InChI=1S/C27H27BN4O3/c29-17-23(25-8-4-5-12-30-25)14-21-9-10-22-11-13-32(18-24(22)15-21)19-27(33)31-26(28(34)35)16-20-6-2-1-3-7-20/h1-10,12,14-15,26,34-35H,11,13,16,18-19H2,(H,31,33). The summed E-state index contributed by atoms with van der Waals surface area (Å²) in [7, 11) is -1.65. The van der Waals surface area contributed by atoms with Crippen LogP contribution in [0.3, 0.4) is 0 Å². The van der Waals surface area contributed by atoms with Gasteiger partial charge in [-0.15, -0.1) is 0 Å². The number of hydrogen-bond acceptors (Lipinski definition) is 6. The van der Waals surface area contributed by atoms with Crippen molar-refractivity contribution in [1.29, 1.82) is 5.26 Å². The fraction of sp³-hybridized carbons (Fsp3) is 0.222. The number of benzene rings is 2. The number of hydrogen-bond donors (Lipinski definition) is 3. The van der Waals surface area contributed by atoms with E-state index in [0.29, 0.717) is 24.2 Å². The third kappa shape index (κ3) is 6.64. The van der Waals surface area contributed by atoms with Gasteiger partial charge >= 0.3 is 7.12 Å². The maximum atomic E-state index is 12.7. The molecule has 4 rings (SSSR count). The van der Waals surface area contributed by atoms with Crippen LogP contribution in [-0.4, -0.2) is 52.0 Å². The van der Waals surface area contributed by atoms with E-state index in [9.17, 15) is 20.1 Å². The molecule has 1 unspecified atom stereocenters. The van der Waals surface area contributed by atoms with Crippen molar-refractivity contribution in [2.24, 2.45) is 0 Å². The van der Waals surface area contributed by atoms with Crippen molar-refractivity contribution in [3.8, 4) is 6.07 Å². The highest BCUT2D eigenvalue weighted by Crippen LogP contribution is 2.23. The number of pyridine rings is 1. The normalized spacial score (nSPS) is 14.5. The zero-order chi connectivity index (χ0) is 24.6. The monoisotopic (exact) mass is 466 g/mol. The van der Waals surface area contributed by atoms with Crippen molar-refractivity contribution in [1.82, 2.24) is 15.2 Å². The summed E-state index contributed by atoms with van der Waals surface area (Å²) in [6.45, 7) is 1.49. The maximum Gasteiger partial charge on any atom is 0.475 e. The molecule has 1 aromatic heterocycles. The van der Waals surface area contributed by atoms with Crippen LogP contribution in [0.1, 0.15) is 27.9 Å². The van der Waals surface area contributed by atoms with Crippen molar-refractivity contribution in [3.63, 3.8) is 0 Å². The number of carbonyl (C=O) groups is 1. The lowest BCUT2D eigenvalue weighted by Crippen LogP contribution is -2.51. The summed E-state index contributed by atoms with van der Waals surface area (Å²) in [6.07, 6.45) is 4.63. The van der Waals surface area contributed by atoms with Crippen molar-refractivity contribution in [2.75, 3.05) is 13.1 Å². The molecule has 0 radical (unpaired) electrons. The van der Waals surface area contributed by atoms with Gasteiger partial charge in [0.05, 0.1) is 23.8 Å². The highest BCUT2D eigenvalue weighted by Gasteiger charge is 2.27. The molecule has 2 aromatic carbocycles. The molecule has 35 heavy (non-hydrogen) atoms. The third-order valence-corrected chi connectivity index (χ3v) is 6.07. The number of allylic oxidation sites excluding steroid dienone is 1. The lowest BCUT2D eigenvalue weighted by Gasteiger charge is -2.29. The molecule has 0 spiro atoms. The molecule has 2 heterocycles. The van der Waals surface area contributed by atoms with E-state index < -0.39 is 13.1 Å². The maximum absolute atomic E-state index is 12.7. The zero-order valence-corrected chi connectivity index (χ0v) is 19.3. The van der Waals surface area contributed by atoms with Crippen molar-refractivity contribution in [3.05, 3.63) is 101 Å². The summed E-state index contributed by atoms with van der Waals surface area (Å²) >= 11 is 0. The van der Waals surface area contributed by atoms with Crippen molar-refractivity contribution >= 4 is 24.7 Å². The smallest absolute Gasteiger partial charge is 0.426 e. The lowest BCUT2D eigenvalue weighted by molar-refractivity contribution is -0.122. The Balaban J connectivity index is 1.41. The molecule has 0 saturated heterocycles. The molecule has 1 atom stereocenters. The second-order valence-corrected chi connectivity index (χ2v) is 8.65. The van der Waals surface area contributed by atoms with Gasteiger partial charge in [0.2, 0.25) is 5.91 Å². The van der Waals surface area contributed by atoms with E-state index >= 15 is 0 Å². The fourth-order valence-electron chi connectivity index (χ4n) is 4.27. The largest absolute Gasteiger partial charge is 0.475 e. The first-order valence-electron chi connectivity index (χ1n) is 11.6. The Hall–Kier alpha value is -3.77. The minimum Gasteiger partial charge on any atom is -0.426 e. The van der Waals surface area contributed by atoms with Crippen LogP contribution in [0.2, 0.25) is 0 Å². The van der Waals surface area contributed by atoms with Gasteiger partial charge in [0, 0.05) is 19.3 Å². The predicted molar refractivity (Wildman–Crippen MR) is 135 cm³/mol. The Morgan fingerprint density at radius 3 is 2.66 bits per heavy atom. The van der Waals surface area contributed by atoms with Gasteiger partial charge in [0.25, 0.3) is 0 Å². The van der Waals surface area contributed by atoms with Gasteiger partial charge < -0.3 is 15.4 Å². The highest BCUT2D eigenvalue weighted by atomic mass is 16.4. The van der Waals surface area contributed by atoms with Gasteiger partial charge in [-0.05, 0) is 53.3 Å². The first-order chi connectivity index (χ1) is 17.0. The Bertz CT molecular complexity index is 1230. The van der Waals surface area contributed by atoms with E-state index in [0.717, 1.165) is 29.7 Å². The molecule has 8 heteroatoms. The van der Waals surface area contributed by atoms with Crippen LogP contribution in [0, 0.1) is 11.3 Å². The molecule has 0 aliphatic carbocycles. The zero-order valence-electron chi connectivity index (χ0n) is 19.3. The Morgan fingerprint density at radius 1 is 1.14 bits per heavy atom. The Labute approximate surface area is 205 Å². The Morgan fingerprint density at radius 2 is 1.94 bits per heavy atom. The second kappa shape index (κ2) is 11.6. The molecule has 3 N–H and O–H groups in total. The van der Waals surface area contributed by atoms with Gasteiger partial charge in [-0.2, -0.15) is 5.26 Å². The molecule has 0 fully saturated rings. The molecular formula is C27H27BN4O3. The third-order valence-electron chi connectivity index (χ3n) is 6.07. The van der Waals surface area contributed by atoms with Crippen LogP contribution >= 0.6 is 0 Å². The minimum absolute atomic E-state index is 0.162. The molecule has 0 bridgehead atoms. The van der Waals surface area contributed by atoms with Crippen LogP contribution in [0.4, 0.5) is 0 Å². The molecule has 1 amide bonds. The number of fused-ring (bicyclic) bond motifs is 1. The van der Waals surface area contributed by atoms with Crippen molar-refractivity contribution in [2.45, 2.75) is 25.3 Å². The molecule has 0 saturated carbocycles. The topological polar surface area (TPSA) is 109 Å². The summed E-state index contributed by atoms with van der Waals surface area (Å²) in [5, 5.41) is 31.9. The number of carbonyl (C=O) groups excluding carboxylic acids is 1. The van der Waals surface area contributed by atoms with Crippen LogP contribution in [0.5, 0.6) is 0 Å². The molecule has 1 aliphatic rings. The van der Waals surface area contributed by atoms with Crippen LogP contribution < -0.4 is 5.32 Å². The average molecular weight is 466 g/mol. The molecule has 1 aliphatic heterocycles. The first-order valence-corrected chi connectivity index (χ1v) is 11.6. The van der Waals surface area contributed by atoms with Crippen LogP contribution in [0.25, 0.3) is 11.6 Å². The highest BCUT2D eigenvalue weighted by molar-refractivity contribution is 6.43. The molecule has 176 valence electrons. The van der Waals surface area contributed by atoms with E-state index in [1.807, 2.05) is 65.6 Å². The summed E-state index contributed by atoms with van der Waals surface area (Å²) in [5.74, 6) is -1.03. The summed E-state index contributed by atoms with van der Waals surface area (Å²) in [6, 6.07) is 23.2. The van der Waals surface area contributed by atoms with E-state index in [2.05, 4.69) is 28.5 Å². The van der Waals surface area contributed by atoms with Gasteiger partial charge in [0.1, 0.15) is 6.07 Å². The number of rotatable bonds is 8. The molecular weight excluding hydrogens is 439 g/mol. The minimum atomic E-state index is -1.65. The summed E-state index contributed by atoms with van der Waals surface area (Å²) in [5.41, 5.74) is 5.28. The van der Waals surface area contributed by atoms with E-state index in [4.69, 9.17) is 0 Å². The van der Waals surface area contributed by atoms with Gasteiger partial charge in [-0.3, -0.25) is 14.7 Å². The Kier molecular flexibility index (Phi) is 8.06. The number of aromatic nitrogens is 1. The van der Waals surface area contributed by atoms with Crippen LogP contribution in [-0.2, 0) is 24.2 Å². The number of nitriles is 1. The van der Waals surface area contributed by atoms with Gasteiger partial charge in [0.15, 0.2) is 0 Å². The van der Waals surface area contributed by atoms with Crippen molar-refractivity contribution < 1.29 is 14.8 Å². The second-order valence-electron chi connectivity index (χ2n) is 8.65.